The SMILES string of the molecule is Cc1noc(CCNCC(O)c2ccc([N+](=O)[O-])cc2)n1. The van der Waals surface area contributed by atoms with Gasteiger partial charge in [-0.05, 0) is 24.6 Å². The van der Waals surface area contributed by atoms with Gasteiger partial charge in [0, 0.05) is 31.6 Å². The summed E-state index contributed by atoms with van der Waals surface area (Å²) >= 11 is 0. The Morgan fingerprint density at radius 2 is 2.14 bits per heavy atom. The van der Waals surface area contributed by atoms with Crippen LogP contribution in [0, 0.1) is 17.0 Å². The minimum atomic E-state index is -0.727. The van der Waals surface area contributed by atoms with Crippen molar-refractivity contribution in [1.82, 2.24) is 15.5 Å². The molecule has 0 fully saturated rings. The van der Waals surface area contributed by atoms with Crippen molar-refractivity contribution < 1.29 is 14.6 Å². The Labute approximate surface area is 120 Å². The predicted octanol–water partition coefficient (Wildman–Crippen LogP) is 1.15. The van der Waals surface area contributed by atoms with E-state index in [0.717, 1.165) is 0 Å². The first-order valence-electron chi connectivity index (χ1n) is 6.48. The standard InChI is InChI=1S/C13H16N4O4/c1-9-15-13(21-16-9)6-7-14-8-12(18)10-2-4-11(5-3-10)17(19)20/h2-5,12,14,18H,6-8H2,1H3. The molecule has 8 nitrogen and oxygen atoms in total. The van der Waals surface area contributed by atoms with E-state index in [9.17, 15) is 15.2 Å². The Hall–Kier alpha value is -2.32. The van der Waals surface area contributed by atoms with Crippen molar-refractivity contribution >= 4 is 5.69 Å². The second-order valence-corrected chi connectivity index (χ2v) is 4.55. The van der Waals surface area contributed by atoms with Gasteiger partial charge in [0.1, 0.15) is 0 Å². The summed E-state index contributed by atoms with van der Waals surface area (Å²) in [5.41, 5.74) is 0.632. The fourth-order valence-corrected chi connectivity index (χ4v) is 1.81. The Balaban J connectivity index is 1.76. The molecule has 2 N–H and O–H groups in total. The Bertz CT molecular complexity index is 596. The van der Waals surface area contributed by atoms with Crippen molar-refractivity contribution in [3.05, 3.63) is 51.7 Å². The lowest BCUT2D eigenvalue weighted by Gasteiger charge is -2.11. The van der Waals surface area contributed by atoms with E-state index < -0.39 is 11.0 Å². The maximum Gasteiger partial charge on any atom is 0.269 e. The molecular weight excluding hydrogens is 276 g/mol. The number of nitro groups is 1. The highest BCUT2D eigenvalue weighted by Gasteiger charge is 2.10. The third kappa shape index (κ3) is 4.33. The number of rotatable bonds is 7. The molecule has 112 valence electrons. The first-order valence-corrected chi connectivity index (χ1v) is 6.48. The van der Waals surface area contributed by atoms with Crippen molar-refractivity contribution in [1.29, 1.82) is 0 Å². The highest BCUT2D eigenvalue weighted by Crippen LogP contribution is 2.17. The van der Waals surface area contributed by atoms with E-state index in [4.69, 9.17) is 4.52 Å². The molecule has 0 saturated heterocycles. The molecule has 0 bridgehead atoms. The zero-order valence-corrected chi connectivity index (χ0v) is 11.5. The van der Waals surface area contributed by atoms with Gasteiger partial charge in [-0.1, -0.05) is 5.16 Å². The summed E-state index contributed by atoms with van der Waals surface area (Å²) in [5, 5.41) is 27.3. The monoisotopic (exact) mass is 292 g/mol. The maximum absolute atomic E-state index is 10.5. The highest BCUT2D eigenvalue weighted by atomic mass is 16.6. The lowest BCUT2D eigenvalue weighted by molar-refractivity contribution is -0.384. The summed E-state index contributed by atoms with van der Waals surface area (Å²) in [6.07, 6.45) is -0.149. The molecule has 0 aliphatic rings. The molecule has 1 aromatic carbocycles. The number of nitrogens with one attached hydrogen (secondary N) is 1. The van der Waals surface area contributed by atoms with Crippen LogP contribution in [-0.2, 0) is 6.42 Å². The molecular formula is C13H16N4O4. The molecule has 1 heterocycles. The molecule has 1 atom stereocenters. The summed E-state index contributed by atoms with van der Waals surface area (Å²) in [6, 6.07) is 5.84. The minimum absolute atomic E-state index is 0.00525. The second-order valence-electron chi connectivity index (χ2n) is 4.55. The van der Waals surface area contributed by atoms with Gasteiger partial charge < -0.3 is 14.9 Å². The van der Waals surface area contributed by atoms with Crippen LogP contribution >= 0.6 is 0 Å². The maximum atomic E-state index is 10.5. The van der Waals surface area contributed by atoms with Crippen LogP contribution < -0.4 is 5.32 Å². The number of nitro benzene ring substituents is 1. The predicted molar refractivity (Wildman–Crippen MR) is 73.7 cm³/mol. The number of aliphatic hydroxyl groups excluding tert-OH is 1. The summed E-state index contributed by atoms with van der Waals surface area (Å²) in [5.74, 6) is 1.14. The van der Waals surface area contributed by atoms with Crippen molar-refractivity contribution in [2.24, 2.45) is 0 Å². The molecule has 0 aliphatic carbocycles. The quantitative estimate of drug-likeness (QED) is 0.447. The van der Waals surface area contributed by atoms with Gasteiger partial charge in [-0.3, -0.25) is 10.1 Å². The molecule has 0 radical (unpaired) electrons. The molecule has 21 heavy (non-hydrogen) atoms. The van der Waals surface area contributed by atoms with E-state index in [1.165, 1.54) is 12.1 Å². The molecule has 0 saturated carbocycles. The largest absolute Gasteiger partial charge is 0.387 e. The van der Waals surface area contributed by atoms with Crippen molar-refractivity contribution in [3.8, 4) is 0 Å². The topological polar surface area (TPSA) is 114 Å². The number of non-ortho nitro benzene ring substituents is 1. The van der Waals surface area contributed by atoms with Gasteiger partial charge in [0.25, 0.3) is 5.69 Å². The van der Waals surface area contributed by atoms with E-state index >= 15 is 0 Å². The minimum Gasteiger partial charge on any atom is -0.387 e. The first-order chi connectivity index (χ1) is 10.1. The van der Waals surface area contributed by atoms with E-state index in [-0.39, 0.29) is 5.69 Å². The van der Waals surface area contributed by atoms with Crippen molar-refractivity contribution in [2.45, 2.75) is 19.4 Å². The van der Waals surface area contributed by atoms with E-state index in [1.807, 2.05) is 0 Å². The van der Waals surface area contributed by atoms with Gasteiger partial charge in [0.2, 0.25) is 5.89 Å². The van der Waals surface area contributed by atoms with Crippen LogP contribution in [0.4, 0.5) is 5.69 Å². The summed E-state index contributed by atoms with van der Waals surface area (Å²) in [4.78, 5) is 14.1. The van der Waals surface area contributed by atoms with Gasteiger partial charge in [0.15, 0.2) is 5.82 Å². The molecule has 8 heteroatoms. The Morgan fingerprint density at radius 3 is 2.71 bits per heavy atom. The van der Waals surface area contributed by atoms with Crippen LogP contribution in [0.1, 0.15) is 23.4 Å². The fraction of sp³-hybridized carbons (Fsp3) is 0.385. The molecule has 0 aliphatic heterocycles. The molecule has 0 amide bonds. The number of benzene rings is 1. The van der Waals surface area contributed by atoms with Crippen molar-refractivity contribution in [3.63, 3.8) is 0 Å². The molecule has 1 unspecified atom stereocenters. The fourth-order valence-electron chi connectivity index (χ4n) is 1.81. The van der Waals surface area contributed by atoms with Crippen LogP contribution in [0.25, 0.3) is 0 Å². The number of aryl methyl sites for hydroxylation is 1. The van der Waals surface area contributed by atoms with Crippen LogP contribution in [0.3, 0.4) is 0 Å². The van der Waals surface area contributed by atoms with Crippen LogP contribution in [0.15, 0.2) is 28.8 Å². The lowest BCUT2D eigenvalue weighted by atomic mass is 10.1. The van der Waals surface area contributed by atoms with Gasteiger partial charge in [-0.25, -0.2) is 0 Å². The molecule has 2 rings (SSSR count). The smallest absolute Gasteiger partial charge is 0.269 e. The number of hydrogen-bond acceptors (Lipinski definition) is 7. The van der Waals surface area contributed by atoms with Crippen LogP contribution in [-0.4, -0.2) is 33.3 Å². The summed E-state index contributed by atoms with van der Waals surface area (Å²) in [7, 11) is 0. The average Bonchev–Trinajstić information content (AvgIpc) is 2.89. The Morgan fingerprint density at radius 1 is 1.43 bits per heavy atom. The molecule has 1 aromatic heterocycles. The summed E-state index contributed by atoms with van der Waals surface area (Å²) < 4.78 is 4.96. The van der Waals surface area contributed by atoms with Crippen LogP contribution in [0.2, 0.25) is 0 Å². The van der Waals surface area contributed by atoms with Crippen LogP contribution in [0.5, 0.6) is 0 Å². The van der Waals surface area contributed by atoms with E-state index in [1.54, 1.807) is 19.1 Å². The lowest BCUT2D eigenvalue weighted by Crippen LogP contribution is -2.23. The molecule has 2 aromatic rings. The van der Waals surface area contributed by atoms with E-state index in [2.05, 4.69) is 15.5 Å². The van der Waals surface area contributed by atoms with Crippen molar-refractivity contribution in [2.75, 3.05) is 13.1 Å². The van der Waals surface area contributed by atoms with Gasteiger partial charge in [-0.15, -0.1) is 0 Å². The van der Waals surface area contributed by atoms with Gasteiger partial charge in [-0.2, -0.15) is 4.98 Å². The highest BCUT2D eigenvalue weighted by molar-refractivity contribution is 5.33. The average molecular weight is 292 g/mol. The number of hydrogen-bond donors (Lipinski definition) is 2. The van der Waals surface area contributed by atoms with E-state index in [0.29, 0.717) is 36.8 Å². The number of aromatic nitrogens is 2. The number of nitrogens with zero attached hydrogens (tertiary/aromatic N) is 3. The second kappa shape index (κ2) is 6.91. The third-order valence-electron chi connectivity index (χ3n) is 2.91. The van der Waals surface area contributed by atoms with Gasteiger partial charge >= 0.3 is 0 Å². The van der Waals surface area contributed by atoms with Gasteiger partial charge in [0.05, 0.1) is 11.0 Å². The third-order valence-corrected chi connectivity index (χ3v) is 2.91. The zero-order valence-electron chi connectivity index (χ0n) is 11.5. The first kappa shape index (κ1) is 15.1. The molecule has 0 spiro atoms. The Kier molecular flexibility index (Phi) is 4.96. The zero-order chi connectivity index (χ0) is 15.2. The normalized spacial score (nSPS) is 12.3. The summed E-state index contributed by atoms with van der Waals surface area (Å²) in [6.45, 7) is 2.68. The number of aliphatic hydroxyl groups is 1.